The van der Waals surface area contributed by atoms with Gasteiger partial charge in [-0.2, -0.15) is 0 Å². The van der Waals surface area contributed by atoms with Gasteiger partial charge in [0.25, 0.3) is 0 Å². The molecule has 0 aromatic heterocycles. The summed E-state index contributed by atoms with van der Waals surface area (Å²) in [7, 11) is 0. The lowest BCUT2D eigenvalue weighted by Crippen LogP contribution is -2.61. The zero-order chi connectivity index (χ0) is 36.3. The molecule has 0 aliphatic carbocycles. The number of rotatable bonds is 32. The van der Waals surface area contributed by atoms with Crippen molar-refractivity contribution < 1.29 is 49.7 Å². The normalized spacial score (nSPS) is 22.9. The first-order valence-electron chi connectivity index (χ1n) is 19.8. The molecule has 0 unspecified atom stereocenters. The Labute approximate surface area is 296 Å². The van der Waals surface area contributed by atoms with Gasteiger partial charge in [-0.3, -0.25) is 4.79 Å². The molecule has 0 aromatic carbocycles. The van der Waals surface area contributed by atoms with Crippen molar-refractivity contribution >= 4 is 11.9 Å². The molecule has 8 atom stereocenters. The summed E-state index contributed by atoms with van der Waals surface area (Å²) in [5.74, 6) is -2.17. The van der Waals surface area contributed by atoms with E-state index in [1.807, 2.05) is 0 Å². The van der Waals surface area contributed by atoms with Crippen LogP contribution < -0.4 is 5.32 Å². The lowest BCUT2D eigenvalue weighted by molar-refractivity contribution is -0.295. The third kappa shape index (κ3) is 20.9. The predicted octanol–water partition coefficient (Wildman–Crippen LogP) is 5.89. The second-order valence-electron chi connectivity index (χ2n) is 14.3. The quantitative estimate of drug-likeness (QED) is 0.0417. The van der Waals surface area contributed by atoms with Gasteiger partial charge in [0.1, 0.15) is 24.4 Å². The number of nitrogens with one attached hydrogen (secondary N) is 1. The number of aliphatic hydroxyl groups is 5. The maximum atomic E-state index is 12.9. The summed E-state index contributed by atoms with van der Waals surface area (Å²) >= 11 is 0. The number of unbranched alkanes of at least 4 members (excludes halogenated alkanes) is 21. The largest absolute Gasteiger partial charge is 0.479 e. The van der Waals surface area contributed by atoms with Crippen LogP contribution in [0.25, 0.3) is 0 Å². The lowest BCUT2D eigenvalue weighted by atomic mass is 9.99. The van der Waals surface area contributed by atoms with Gasteiger partial charge in [-0.25, -0.2) is 4.79 Å². The van der Waals surface area contributed by atoms with E-state index in [9.17, 15) is 40.2 Å². The third-order valence-electron chi connectivity index (χ3n) is 9.78. The van der Waals surface area contributed by atoms with E-state index in [2.05, 4.69) is 19.2 Å². The molecule has 0 aromatic rings. The Bertz CT molecular complexity index is 817. The molecular weight excluding hydrogens is 630 g/mol. The number of hydrogen-bond donors (Lipinski definition) is 7. The van der Waals surface area contributed by atoms with Crippen molar-refractivity contribution in [3.8, 4) is 0 Å². The number of carbonyl (C=O) groups excluding carboxylic acids is 1. The van der Waals surface area contributed by atoms with Crippen molar-refractivity contribution in [2.45, 2.75) is 223 Å². The summed E-state index contributed by atoms with van der Waals surface area (Å²) in [5.41, 5.74) is 0. The van der Waals surface area contributed by atoms with Gasteiger partial charge in [-0.15, -0.1) is 0 Å². The molecule has 11 nitrogen and oxygen atoms in total. The highest BCUT2D eigenvalue weighted by Gasteiger charge is 2.47. The zero-order valence-corrected chi connectivity index (χ0v) is 30.8. The number of amides is 1. The fourth-order valence-electron chi connectivity index (χ4n) is 6.44. The first kappa shape index (κ1) is 45.7. The Morgan fingerprint density at radius 2 is 1.02 bits per heavy atom. The van der Waals surface area contributed by atoms with Crippen LogP contribution in [0.5, 0.6) is 0 Å². The molecule has 1 aliphatic heterocycles. The maximum Gasteiger partial charge on any atom is 0.335 e. The van der Waals surface area contributed by atoms with Gasteiger partial charge in [0.2, 0.25) is 5.91 Å². The van der Waals surface area contributed by atoms with Crippen molar-refractivity contribution in [2.24, 2.45) is 0 Å². The van der Waals surface area contributed by atoms with Gasteiger partial charge in [0.15, 0.2) is 12.4 Å². The Morgan fingerprint density at radius 1 is 0.612 bits per heavy atom. The molecule has 0 saturated carbocycles. The van der Waals surface area contributed by atoms with E-state index in [1.54, 1.807) is 0 Å². The molecule has 0 radical (unpaired) electrons. The molecule has 1 saturated heterocycles. The number of ether oxygens (including phenoxy) is 2. The molecule has 1 aliphatic rings. The molecule has 49 heavy (non-hydrogen) atoms. The summed E-state index contributed by atoms with van der Waals surface area (Å²) in [6.45, 7) is 4.07. The van der Waals surface area contributed by atoms with Gasteiger partial charge >= 0.3 is 5.97 Å². The van der Waals surface area contributed by atoms with Gasteiger partial charge in [-0.1, -0.05) is 162 Å². The third-order valence-corrected chi connectivity index (χ3v) is 9.78. The molecule has 1 amide bonds. The van der Waals surface area contributed by atoms with E-state index >= 15 is 0 Å². The van der Waals surface area contributed by atoms with Crippen LogP contribution >= 0.6 is 0 Å². The van der Waals surface area contributed by atoms with E-state index in [-0.39, 0.29) is 6.61 Å². The van der Waals surface area contributed by atoms with Crippen LogP contribution in [-0.4, -0.2) is 98.1 Å². The van der Waals surface area contributed by atoms with Gasteiger partial charge in [-0.05, 0) is 12.8 Å². The highest BCUT2D eigenvalue weighted by molar-refractivity contribution is 5.80. The predicted molar refractivity (Wildman–Crippen MR) is 191 cm³/mol. The summed E-state index contributed by atoms with van der Waals surface area (Å²) in [6, 6.07) is -0.977. The Hall–Kier alpha value is -1.34. The van der Waals surface area contributed by atoms with Crippen LogP contribution in [0.1, 0.15) is 174 Å². The van der Waals surface area contributed by atoms with Crippen LogP contribution in [0.3, 0.4) is 0 Å². The maximum absolute atomic E-state index is 12.9. The molecule has 1 heterocycles. The van der Waals surface area contributed by atoms with E-state index in [1.165, 1.54) is 96.3 Å². The van der Waals surface area contributed by atoms with Crippen molar-refractivity contribution in [3.05, 3.63) is 0 Å². The van der Waals surface area contributed by atoms with Crippen LogP contribution in [0.15, 0.2) is 0 Å². The van der Waals surface area contributed by atoms with Crippen LogP contribution in [0.2, 0.25) is 0 Å². The van der Waals surface area contributed by atoms with Gasteiger partial charge in [0, 0.05) is 0 Å². The average Bonchev–Trinajstić information content (AvgIpc) is 3.08. The number of carboxylic acids is 1. The summed E-state index contributed by atoms with van der Waals surface area (Å²) in [5, 5.41) is 64.1. The van der Waals surface area contributed by atoms with E-state index in [0.717, 1.165) is 44.9 Å². The fourth-order valence-corrected chi connectivity index (χ4v) is 6.44. The van der Waals surface area contributed by atoms with Crippen LogP contribution in [0, 0.1) is 0 Å². The minimum absolute atomic E-state index is 0.291. The summed E-state index contributed by atoms with van der Waals surface area (Å²) in [4.78, 5) is 24.4. The van der Waals surface area contributed by atoms with Gasteiger partial charge < -0.3 is 45.4 Å². The first-order valence-corrected chi connectivity index (χ1v) is 19.8. The lowest BCUT2D eigenvalue weighted by Gasteiger charge is -2.39. The van der Waals surface area contributed by atoms with E-state index < -0.39 is 60.8 Å². The second-order valence-corrected chi connectivity index (χ2v) is 14.3. The Kier molecular flexibility index (Phi) is 27.3. The van der Waals surface area contributed by atoms with Crippen molar-refractivity contribution in [3.63, 3.8) is 0 Å². The minimum atomic E-state index is -1.86. The summed E-state index contributed by atoms with van der Waals surface area (Å²) < 4.78 is 10.8. The van der Waals surface area contributed by atoms with Crippen molar-refractivity contribution in [2.75, 3.05) is 6.61 Å². The standard InChI is InChI=1S/C38H73NO10/c1-3-5-7-9-11-13-15-16-17-19-20-22-24-26-30(40)29(28-48-38-34(44)32(42)33(43)35(49-38)37(46)47)39-36(45)31(41)27-25-23-21-18-14-12-10-8-6-4-2/h29-35,38,40-44H,3-28H2,1-2H3,(H,39,45)(H,46,47)/t29-,30+,31-,32-,33+,34+,35-,38-/m0/s1. The number of carboxylic acid groups (broad SMARTS) is 1. The van der Waals surface area contributed by atoms with Gasteiger partial charge in [0.05, 0.1) is 18.8 Å². The topological polar surface area (TPSA) is 186 Å². The number of carbonyl (C=O) groups is 2. The van der Waals surface area contributed by atoms with Crippen molar-refractivity contribution in [1.82, 2.24) is 5.32 Å². The number of hydrogen-bond acceptors (Lipinski definition) is 9. The highest BCUT2D eigenvalue weighted by Crippen LogP contribution is 2.23. The number of aliphatic hydroxyl groups excluding tert-OH is 5. The average molecular weight is 704 g/mol. The van der Waals surface area contributed by atoms with Crippen molar-refractivity contribution in [1.29, 1.82) is 0 Å². The molecule has 290 valence electrons. The monoisotopic (exact) mass is 704 g/mol. The Morgan fingerprint density at radius 3 is 1.45 bits per heavy atom. The minimum Gasteiger partial charge on any atom is -0.479 e. The first-order chi connectivity index (χ1) is 23.6. The summed E-state index contributed by atoms with van der Waals surface area (Å²) in [6.07, 6.45) is 16.3. The highest BCUT2D eigenvalue weighted by atomic mass is 16.7. The van der Waals surface area contributed by atoms with Crippen LogP contribution in [-0.2, 0) is 19.1 Å². The Balaban J connectivity index is 2.53. The molecule has 11 heteroatoms. The van der Waals surface area contributed by atoms with Crippen LogP contribution in [0.4, 0.5) is 0 Å². The molecular formula is C38H73NO10. The number of aliphatic carboxylic acids is 1. The second kappa shape index (κ2) is 29.3. The SMILES string of the molecule is CCCCCCCCCCCCCCC[C@@H](O)[C@H](CO[C@H]1O[C@H](C(=O)O)[C@H](O)[C@H](O)[C@H]1O)NC(=O)[C@@H](O)CCCCCCCCCCCC. The van der Waals surface area contributed by atoms with E-state index in [4.69, 9.17) is 9.47 Å². The van der Waals surface area contributed by atoms with E-state index in [0.29, 0.717) is 19.3 Å². The fraction of sp³-hybridized carbons (Fsp3) is 0.947. The molecule has 0 spiro atoms. The molecule has 1 fully saturated rings. The molecule has 1 rings (SSSR count). The molecule has 7 N–H and O–H groups in total. The smallest absolute Gasteiger partial charge is 0.335 e. The molecule has 0 bridgehead atoms. The zero-order valence-electron chi connectivity index (χ0n) is 30.8.